The molecule has 0 bridgehead atoms. The van der Waals surface area contributed by atoms with Crippen LogP contribution in [0.15, 0.2) is 9.47 Å². The van der Waals surface area contributed by atoms with Crippen LogP contribution in [0.3, 0.4) is 0 Å². The van der Waals surface area contributed by atoms with E-state index >= 15 is 0 Å². The second-order valence-electron chi connectivity index (χ2n) is 3.56. The molecule has 0 aromatic heterocycles. The minimum Gasteiger partial charge on any atom is -0.0601 e. The molecule has 0 aliphatic heterocycles. The van der Waals surface area contributed by atoms with Crippen LogP contribution in [-0.4, -0.2) is 0 Å². The average molecular weight is 296 g/mol. The van der Waals surface area contributed by atoms with Crippen LogP contribution in [0.5, 0.6) is 0 Å². The molecule has 1 fully saturated rings. The Morgan fingerprint density at radius 1 is 0.917 bits per heavy atom. The molecule has 0 spiro atoms. The highest BCUT2D eigenvalue weighted by atomic mass is 79.9. The molecule has 2 heteroatoms. The van der Waals surface area contributed by atoms with Crippen molar-refractivity contribution in [2.45, 2.75) is 44.9 Å². The van der Waals surface area contributed by atoms with E-state index < -0.39 is 0 Å². The summed E-state index contributed by atoms with van der Waals surface area (Å²) in [7, 11) is 0. The van der Waals surface area contributed by atoms with E-state index in [0.717, 1.165) is 9.31 Å². The van der Waals surface area contributed by atoms with Gasteiger partial charge in [-0.25, -0.2) is 0 Å². The van der Waals surface area contributed by atoms with Crippen LogP contribution in [0, 0.1) is 5.92 Å². The van der Waals surface area contributed by atoms with Gasteiger partial charge in [-0.15, -0.1) is 0 Å². The van der Waals surface area contributed by atoms with Gasteiger partial charge < -0.3 is 0 Å². The van der Waals surface area contributed by atoms with Crippen molar-refractivity contribution in [3.8, 4) is 0 Å². The first-order valence-corrected chi connectivity index (χ1v) is 6.40. The molecule has 0 nitrogen and oxygen atoms in total. The fourth-order valence-electron chi connectivity index (χ4n) is 1.83. The largest absolute Gasteiger partial charge is 0.0601 e. The van der Waals surface area contributed by atoms with Crippen LogP contribution >= 0.6 is 31.9 Å². The lowest BCUT2D eigenvalue weighted by Crippen LogP contribution is -2.00. The SMILES string of the molecule is BrC(Br)=CC1CCCCCCC1. The molecule has 0 aromatic carbocycles. The number of halogens is 2. The predicted molar refractivity (Wildman–Crippen MR) is 61.7 cm³/mol. The maximum Gasteiger partial charge on any atom is 0.0567 e. The number of allylic oxidation sites excluding steroid dienone is 1. The zero-order valence-corrected chi connectivity index (χ0v) is 10.5. The Morgan fingerprint density at radius 3 is 1.92 bits per heavy atom. The smallest absolute Gasteiger partial charge is 0.0567 e. The van der Waals surface area contributed by atoms with E-state index in [0.29, 0.717) is 0 Å². The molecule has 0 amide bonds. The second-order valence-corrected chi connectivity index (χ2v) is 6.33. The molecular weight excluding hydrogens is 280 g/mol. The van der Waals surface area contributed by atoms with Crippen LogP contribution in [-0.2, 0) is 0 Å². The molecule has 0 radical (unpaired) electrons. The molecule has 12 heavy (non-hydrogen) atoms. The molecule has 1 rings (SSSR count). The van der Waals surface area contributed by atoms with Gasteiger partial charge in [0.05, 0.1) is 3.39 Å². The fraction of sp³-hybridized carbons (Fsp3) is 0.800. The summed E-state index contributed by atoms with van der Waals surface area (Å²) < 4.78 is 1.13. The zero-order valence-electron chi connectivity index (χ0n) is 7.36. The van der Waals surface area contributed by atoms with Crippen molar-refractivity contribution in [1.29, 1.82) is 0 Å². The van der Waals surface area contributed by atoms with Crippen LogP contribution in [0.4, 0.5) is 0 Å². The minimum atomic E-state index is 0.805. The van der Waals surface area contributed by atoms with Crippen molar-refractivity contribution in [2.24, 2.45) is 5.92 Å². The maximum absolute atomic E-state index is 3.43. The van der Waals surface area contributed by atoms with Gasteiger partial charge in [0.15, 0.2) is 0 Å². The number of hydrogen-bond acceptors (Lipinski definition) is 0. The lowest BCUT2D eigenvalue weighted by molar-refractivity contribution is 0.435. The Morgan fingerprint density at radius 2 is 1.42 bits per heavy atom. The highest BCUT2D eigenvalue weighted by Gasteiger charge is 2.08. The quantitative estimate of drug-likeness (QED) is 0.640. The fourth-order valence-corrected chi connectivity index (χ4v) is 2.58. The maximum atomic E-state index is 3.43. The van der Waals surface area contributed by atoms with E-state index in [9.17, 15) is 0 Å². The van der Waals surface area contributed by atoms with Gasteiger partial charge in [0, 0.05) is 0 Å². The summed E-state index contributed by atoms with van der Waals surface area (Å²) in [6.07, 6.45) is 12.2. The Bertz CT molecular complexity index is 140. The summed E-state index contributed by atoms with van der Waals surface area (Å²) in [6, 6.07) is 0. The van der Waals surface area contributed by atoms with E-state index in [1.54, 1.807) is 0 Å². The van der Waals surface area contributed by atoms with Gasteiger partial charge in [-0.05, 0) is 50.6 Å². The van der Waals surface area contributed by atoms with Crippen molar-refractivity contribution < 1.29 is 0 Å². The number of rotatable bonds is 1. The van der Waals surface area contributed by atoms with Gasteiger partial charge in [0.2, 0.25) is 0 Å². The predicted octanol–water partition coefficient (Wildman–Crippen LogP) is 4.98. The van der Waals surface area contributed by atoms with Gasteiger partial charge in [-0.1, -0.05) is 38.2 Å². The van der Waals surface area contributed by atoms with Crippen LogP contribution in [0.1, 0.15) is 44.9 Å². The number of hydrogen-bond donors (Lipinski definition) is 0. The first-order valence-electron chi connectivity index (χ1n) is 4.82. The molecule has 0 aromatic rings. The standard InChI is InChI=1S/C10H16Br2/c11-10(12)8-9-6-4-2-1-3-5-7-9/h8-9H,1-7H2. The summed E-state index contributed by atoms with van der Waals surface area (Å²) in [5.74, 6) is 0.805. The average Bonchev–Trinajstić information content (AvgIpc) is 1.93. The van der Waals surface area contributed by atoms with Gasteiger partial charge >= 0.3 is 0 Å². The van der Waals surface area contributed by atoms with Crippen LogP contribution in [0.2, 0.25) is 0 Å². The van der Waals surface area contributed by atoms with Crippen molar-refractivity contribution in [1.82, 2.24) is 0 Å². The van der Waals surface area contributed by atoms with Crippen molar-refractivity contribution in [3.05, 3.63) is 9.47 Å². The summed E-state index contributed by atoms with van der Waals surface area (Å²) in [5, 5.41) is 0. The van der Waals surface area contributed by atoms with Gasteiger partial charge in [0.1, 0.15) is 0 Å². The molecule has 70 valence electrons. The van der Waals surface area contributed by atoms with Gasteiger partial charge in [0.25, 0.3) is 0 Å². The highest BCUT2D eigenvalue weighted by Crippen LogP contribution is 2.26. The highest BCUT2D eigenvalue weighted by molar-refractivity contribution is 9.28. The monoisotopic (exact) mass is 294 g/mol. The second kappa shape index (κ2) is 6.20. The summed E-state index contributed by atoms with van der Waals surface area (Å²) in [5.41, 5.74) is 0. The van der Waals surface area contributed by atoms with E-state index in [1.807, 2.05) is 0 Å². The first kappa shape index (κ1) is 10.8. The topological polar surface area (TPSA) is 0 Å². The summed E-state index contributed by atoms with van der Waals surface area (Å²) >= 11 is 6.87. The van der Waals surface area contributed by atoms with E-state index in [-0.39, 0.29) is 0 Å². The Balaban J connectivity index is 2.34. The Kier molecular flexibility index (Phi) is 5.57. The van der Waals surface area contributed by atoms with Crippen LogP contribution < -0.4 is 0 Å². The normalized spacial score (nSPS) is 21.2. The third-order valence-electron chi connectivity index (χ3n) is 2.51. The molecule has 0 heterocycles. The zero-order chi connectivity index (χ0) is 8.81. The molecule has 0 unspecified atom stereocenters. The lowest BCUT2D eigenvalue weighted by atomic mass is 9.91. The van der Waals surface area contributed by atoms with Gasteiger partial charge in [-0.3, -0.25) is 0 Å². The molecule has 1 aliphatic carbocycles. The van der Waals surface area contributed by atoms with E-state index in [2.05, 4.69) is 37.9 Å². The minimum absolute atomic E-state index is 0.805. The van der Waals surface area contributed by atoms with Crippen LogP contribution in [0.25, 0.3) is 0 Å². The Hall–Kier alpha value is 0.700. The first-order chi connectivity index (χ1) is 5.79. The lowest BCUT2D eigenvalue weighted by Gasteiger charge is -2.15. The van der Waals surface area contributed by atoms with Gasteiger partial charge in [-0.2, -0.15) is 0 Å². The molecule has 1 saturated carbocycles. The molecule has 0 atom stereocenters. The molecule has 0 N–H and O–H groups in total. The van der Waals surface area contributed by atoms with Crippen molar-refractivity contribution in [2.75, 3.05) is 0 Å². The summed E-state index contributed by atoms with van der Waals surface area (Å²) in [6.45, 7) is 0. The molecule has 1 aliphatic rings. The van der Waals surface area contributed by atoms with Crippen molar-refractivity contribution in [3.63, 3.8) is 0 Å². The molecular formula is C10H16Br2. The van der Waals surface area contributed by atoms with Crippen molar-refractivity contribution >= 4 is 31.9 Å². The third kappa shape index (κ3) is 4.66. The Labute approximate surface area is 92.1 Å². The third-order valence-corrected chi connectivity index (χ3v) is 3.04. The van der Waals surface area contributed by atoms with E-state index in [4.69, 9.17) is 0 Å². The molecule has 0 saturated heterocycles. The van der Waals surface area contributed by atoms with E-state index in [1.165, 1.54) is 44.9 Å². The summed E-state index contributed by atoms with van der Waals surface area (Å²) in [4.78, 5) is 0.